The van der Waals surface area contributed by atoms with Crippen molar-refractivity contribution in [2.75, 3.05) is 26.3 Å². The standard InChI is InChI=1S/C22H22FN3O3/c23-17-4-5-20-18(11-17)21(27)19(13-24-20)22(28)25-12-15-2-1-3-16(10-15)14-26-6-8-29-9-7-26/h1-5,10-11,13H,6-9,12,14H2,(H,24,27)(H,25,28). The van der Waals surface area contributed by atoms with Crippen molar-refractivity contribution < 1.29 is 13.9 Å². The van der Waals surface area contributed by atoms with Gasteiger partial charge in [0.25, 0.3) is 5.91 Å². The fourth-order valence-corrected chi connectivity index (χ4v) is 3.49. The third kappa shape index (κ3) is 4.52. The summed E-state index contributed by atoms with van der Waals surface area (Å²) in [6.45, 7) is 4.45. The Labute approximate surface area is 167 Å². The van der Waals surface area contributed by atoms with Gasteiger partial charge in [-0.05, 0) is 29.3 Å². The highest BCUT2D eigenvalue weighted by atomic mass is 19.1. The number of hydrogen-bond donors (Lipinski definition) is 2. The van der Waals surface area contributed by atoms with E-state index >= 15 is 0 Å². The number of hydrogen-bond acceptors (Lipinski definition) is 4. The Kier molecular flexibility index (Phi) is 5.69. The number of amides is 1. The van der Waals surface area contributed by atoms with Crippen LogP contribution in [0, 0.1) is 5.82 Å². The maximum atomic E-state index is 13.5. The first-order valence-corrected chi connectivity index (χ1v) is 9.57. The lowest BCUT2D eigenvalue weighted by Gasteiger charge is -2.26. The molecule has 1 aliphatic rings. The molecule has 7 heteroatoms. The van der Waals surface area contributed by atoms with Gasteiger partial charge in [0.2, 0.25) is 5.43 Å². The number of pyridine rings is 1. The zero-order valence-electron chi connectivity index (χ0n) is 15.9. The van der Waals surface area contributed by atoms with Crippen molar-refractivity contribution in [1.29, 1.82) is 0 Å². The molecule has 150 valence electrons. The van der Waals surface area contributed by atoms with Crippen LogP contribution in [0.1, 0.15) is 21.5 Å². The molecule has 1 saturated heterocycles. The van der Waals surface area contributed by atoms with E-state index in [1.165, 1.54) is 18.3 Å². The number of ether oxygens (including phenoxy) is 1. The maximum Gasteiger partial charge on any atom is 0.257 e. The lowest BCUT2D eigenvalue weighted by molar-refractivity contribution is 0.0342. The molecule has 3 aromatic rings. The van der Waals surface area contributed by atoms with Crippen molar-refractivity contribution in [3.8, 4) is 0 Å². The van der Waals surface area contributed by atoms with Gasteiger partial charge < -0.3 is 15.0 Å². The summed E-state index contributed by atoms with van der Waals surface area (Å²) in [6.07, 6.45) is 1.37. The number of halogens is 1. The highest BCUT2D eigenvalue weighted by Gasteiger charge is 2.14. The molecule has 1 aliphatic heterocycles. The van der Waals surface area contributed by atoms with Gasteiger partial charge in [-0.1, -0.05) is 24.3 Å². The van der Waals surface area contributed by atoms with Crippen molar-refractivity contribution in [1.82, 2.24) is 15.2 Å². The first-order valence-electron chi connectivity index (χ1n) is 9.57. The minimum absolute atomic E-state index is 0.0347. The van der Waals surface area contributed by atoms with Crippen molar-refractivity contribution in [2.45, 2.75) is 13.1 Å². The second-order valence-corrected chi connectivity index (χ2v) is 7.11. The third-order valence-corrected chi connectivity index (χ3v) is 5.04. The van der Waals surface area contributed by atoms with E-state index in [1.54, 1.807) is 0 Å². The second kappa shape index (κ2) is 8.55. The normalized spacial score (nSPS) is 14.8. The number of aromatic nitrogens is 1. The molecule has 1 fully saturated rings. The molecule has 0 spiro atoms. The average molecular weight is 395 g/mol. The summed E-state index contributed by atoms with van der Waals surface area (Å²) >= 11 is 0. The van der Waals surface area contributed by atoms with Gasteiger partial charge in [-0.2, -0.15) is 0 Å². The van der Waals surface area contributed by atoms with Crippen LogP contribution >= 0.6 is 0 Å². The Hall–Kier alpha value is -3.03. The van der Waals surface area contributed by atoms with E-state index in [1.807, 2.05) is 12.1 Å². The molecule has 0 saturated carbocycles. The minimum Gasteiger partial charge on any atom is -0.379 e. The molecular formula is C22H22FN3O3. The first-order chi connectivity index (χ1) is 14.1. The van der Waals surface area contributed by atoms with Crippen molar-refractivity contribution in [3.05, 3.63) is 81.4 Å². The molecule has 2 N–H and O–H groups in total. The molecule has 1 aromatic heterocycles. The van der Waals surface area contributed by atoms with Gasteiger partial charge >= 0.3 is 0 Å². The Balaban J connectivity index is 1.44. The molecule has 6 nitrogen and oxygen atoms in total. The molecule has 1 amide bonds. The van der Waals surface area contributed by atoms with E-state index in [0.29, 0.717) is 12.1 Å². The van der Waals surface area contributed by atoms with E-state index in [0.717, 1.165) is 50.0 Å². The fourth-order valence-electron chi connectivity index (χ4n) is 3.49. The predicted molar refractivity (Wildman–Crippen MR) is 108 cm³/mol. The Morgan fingerprint density at radius 3 is 2.76 bits per heavy atom. The second-order valence-electron chi connectivity index (χ2n) is 7.11. The fraction of sp³-hybridized carbons (Fsp3) is 0.273. The van der Waals surface area contributed by atoms with E-state index in [-0.39, 0.29) is 10.9 Å². The maximum absolute atomic E-state index is 13.5. The molecule has 2 heterocycles. The Morgan fingerprint density at radius 2 is 1.93 bits per heavy atom. The van der Waals surface area contributed by atoms with Gasteiger partial charge in [-0.25, -0.2) is 4.39 Å². The van der Waals surface area contributed by atoms with Gasteiger partial charge in [-0.15, -0.1) is 0 Å². The highest BCUT2D eigenvalue weighted by molar-refractivity contribution is 5.97. The number of fused-ring (bicyclic) bond motifs is 1. The van der Waals surface area contributed by atoms with E-state index in [4.69, 9.17) is 4.74 Å². The van der Waals surface area contributed by atoms with Crippen LogP contribution in [0.2, 0.25) is 0 Å². The summed E-state index contributed by atoms with van der Waals surface area (Å²) in [7, 11) is 0. The summed E-state index contributed by atoms with van der Waals surface area (Å²) < 4.78 is 18.8. The lowest BCUT2D eigenvalue weighted by atomic mass is 10.1. The Morgan fingerprint density at radius 1 is 1.14 bits per heavy atom. The zero-order valence-corrected chi connectivity index (χ0v) is 15.9. The number of nitrogens with zero attached hydrogens (tertiary/aromatic N) is 1. The molecule has 4 rings (SSSR count). The van der Waals surface area contributed by atoms with Gasteiger partial charge in [0.1, 0.15) is 11.4 Å². The monoisotopic (exact) mass is 395 g/mol. The van der Waals surface area contributed by atoms with Gasteiger partial charge in [0, 0.05) is 43.3 Å². The molecule has 0 unspecified atom stereocenters. The van der Waals surface area contributed by atoms with Gasteiger partial charge in [-0.3, -0.25) is 14.5 Å². The van der Waals surface area contributed by atoms with E-state index in [9.17, 15) is 14.0 Å². The summed E-state index contributed by atoms with van der Waals surface area (Å²) in [5, 5.41) is 2.94. The van der Waals surface area contributed by atoms with Crippen LogP contribution in [0.3, 0.4) is 0 Å². The smallest absolute Gasteiger partial charge is 0.257 e. The number of morpholine rings is 1. The van der Waals surface area contributed by atoms with E-state index in [2.05, 4.69) is 27.3 Å². The van der Waals surface area contributed by atoms with Crippen molar-refractivity contribution >= 4 is 16.8 Å². The quantitative estimate of drug-likeness (QED) is 0.696. The van der Waals surface area contributed by atoms with Crippen LogP contribution < -0.4 is 10.7 Å². The molecule has 29 heavy (non-hydrogen) atoms. The topological polar surface area (TPSA) is 74.4 Å². The van der Waals surface area contributed by atoms with Crippen molar-refractivity contribution in [3.63, 3.8) is 0 Å². The number of benzene rings is 2. The number of carbonyl (C=O) groups excluding carboxylic acids is 1. The lowest BCUT2D eigenvalue weighted by Crippen LogP contribution is -2.35. The van der Waals surface area contributed by atoms with Crippen LogP contribution in [-0.4, -0.2) is 42.1 Å². The predicted octanol–water partition coefficient (Wildman–Crippen LogP) is 2.43. The SMILES string of the molecule is O=C(NCc1cccc(CN2CCOCC2)c1)c1c[nH]c2ccc(F)cc2c1=O. The molecule has 0 aliphatic carbocycles. The van der Waals surface area contributed by atoms with Crippen LogP contribution in [-0.2, 0) is 17.8 Å². The molecular weight excluding hydrogens is 373 g/mol. The molecule has 0 bridgehead atoms. The largest absolute Gasteiger partial charge is 0.379 e. The summed E-state index contributed by atoms with van der Waals surface area (Å²) in [4.78, 5) is 30.3. The van der Waals surface area contributed by atoms with E-state index < -0.39 is 17.2 Å². The number of H-pyrrole nitrogens is 1. The molecule has 0 atom stereocenters. The van der Waals surface area contributed by atoms with Crippen LogP contribution in [0.25, 0.3) is 10.9 Å². The van der Waals surface area contributed by atoms with Crippen LogP contribution in [0.5, 0.6) is 0 Å². The number of nitrogens with one attached hydrogen (secondary N) is 2. The van der Waals surface area contributed by atoms with Crippen molar-refractivity contribution in [2.24, 2.45) is 0 Å². The number of rotatable bonds is 5. The zero-order chi connectivity index (χ0) is 20.2. The minimum atomic E-state index is -0.516. The van der Waals surface area contributed by atoms with Crippen LogP contribution in [0.15, 0.2) is 53.5 Å². The average Bonchev–Trinajstić information content (AvgIpc) is 2.74. The summed E-state index contributed by atoms with van der Waals surface area (Å²) in [5.74, 6) is -1.01. The van der Waals surface area contributed by atoms with Gasteiger partial charge in [0.15, 0.2) is 0 Å². The molecule has 0 radical (unpaired) electrons. The summed E-state index contributed by atoms with van der Waals surface area (Å²) in [5.41, 5.74) is 2.08. The number of carbonyl (C=O) groups is 1. The van der Waals surface area contributed by atoms with Gasteiger partial charge in [0.05, 0.1) is 13.2 Å². The molecule has 2 aromatic carbocycles. The highest BCUT2D eigenvalue weighted by Crippen LogP contribution is 2.12. The first kappa shape index (κ1) is 19.3. The third-order valence-electron chi connectivity index (χ3n) is 5.04. The summed E-state index contributed by atoms with van der Waals surface area (Å²) in [6, 6.07) is 11.9. The van der Waals surface area contributed by atoms with Crippen LogP contribution in [0.4, 0.5) is 4.39 Å². The Bertz CT molecular complexity index is 1090. The number of aromatic amines is 1.